The number of carboxylic acid groups (broad SMARTS) is 1. The van der Waals surface area contributed by atoms with Crippen LogP contribution in [0.4, 0.5) is 8.78 Å². The summed E-state index contributed by atoms with van der Waals surface area (Å²) in [7, 11) is 0. The molecule has 2 aromatic carbocycles. The molecule has 4 aromatic rings. The number of fused-ring (bicyclic) bond motifs is 1. The lowest BCUT2D eigenvalue weighted by molar-refractivity contribution is 0.0687. The van der Waals surface area contributed by atoms with E-state index in [1.165, 1.54) is 16.8 Å². The molecule has 0 saturated carbocycles. The quantitative estimate of drug-likeness (QED) is 0.541. The summed E-state index contributed by atoms with van der Waals surface area (Å²) in [6.45, 7) is 1.65. The summed E-state index contributed by atoms with van der Waals surface area (Å²) < 4.78 is 29.3. The van der Waals surface area contributed by atoms with Crippen LogP contribution < -0.4 is 5.56 Å². The van der Waals surface area contributed by atoms with E-state index in [-0.39, 0.29) is 28.9 Å². The second-order valence-electron chi connectivity index (χ2n) is 6.78. The largest absolute Gasteiger partial charge is 0.477 e. The Kier molecular flexibility index (Phi) is 4.50. The number of H-pyrrole nitrogens is 1. The number of rotatable bonds is 4. The maximum atomic E-state index is 14.3. The Labute approximate surface area is 163 Å². The number of aryl methyl sites for hydroxylation is 1. The molecule has 0 aliphatic rings. The van der Waals surface area contributed by atoms with Crippen molar-refractivity contribution in [3.63, 3.8) is 0 Å². The standard InChI is InChI=1S/C22H16F2N2O3/c1-12-4-7-18-16(9-12)19(15-3-2-8-25-21(15)27)20(22(28)29)26(18)11-13-10-14(23)5-6-17(13)24/h2-10H,11H2,1H3,(H,25,27)(H,28,29). The molecule has 0 aliphatic carbocycles. The lowest BCUT2D eigenvalue weighted by Crippen LogP contribution is -2.14. The zero-order valence-electron chi connectivity index (χ0n) is 15.4. The number of aromatic carboxylic acids is 1. The van der Waals surface area contributed by atoms with Gasteiger partial charge in [-0.15, -0.1) is 0 Å². The summed E-state index contributed by atoms with van der Waals surface area (Å²) in [4.78, 5) is 27.2. The van der Waals surface area contributed by atoms with Gasteiger partial charge in [0.2, 0.25) is 0 Å². The van der Waals surface area contributed by atoms with Crippen LogP contribution in [0.5, 0.6) is 0 Å². The number of nitrogens with zero attached hydrogens (tertiary/aromatic N) is 1. The van der Waals surface area contributed by atoms with Crippen LogP contribution in [0.25, 0.3) is 22.0 Å². The van der Waals surface area contributed by atoms with Gasteiger partial charge in [-0.1, -0.05) is 11.6 Å². The van der Waals surface area contributed by atoms with E-state index >= 15 is 0 Å². The summed E-state index contributed by atoms with van der Waals surface area (Å²) in [5, 5.41) is 10.5. The van der Waals surface area contributed by atoms with Crippen molar-refractivity contribution in [2.24, 2.45) is 0 Å². The Hall–Kier alpha value is -3.74. The zero-order valence-corrected chi connectivity index (χ0v) is 15.4. The van der Waals surface area contributed by atoms with Crippen molar-refractivity contribution in [3.05, 3.63) is 93.5 Å². The molecular weight excluding hydrogens is 378 g/mol. The fraction of sp³-hybridized carbons (Fsp3) is 0.0909. The summed E-state index contributed by atoms with van der Waals surface area (Å²) in [5.74, 6) is -2.53. The van der Waals surface area contributed by atoms with Crippen LogP contribution in [0, 0.1) is 18.6 Å². The first kappa shape index (κ1) is 18.6. The molecule has 0 aliphatic heterocycles. The van der Waals surface area contributed by atoms with Crippen LogP contribution in [0.2, 0.25) is 0 Å². The number of benzene rings is 2. The highest BCUT2D eigenvalue weighted by Crippen LogP contribution is 2.35. The Bertz CT molecular complexity index is 1320. The molecular formula is C22H16F2N2O3. The van der Waals surface area contributed by atoms with Crippen LogP contribution in [-0.4, -0.2) is 20.6 Å². The van der Waals surface area contributed by atoms with E-state index in [9.17, 15) is 23.5 Å². The molecule has 2 heterocycles. The van der Waals surface area contributed by atoms with Crippen LogP contribution in [0.3, 0.4) is 0 Å². The maximum absolute atomic E-state index is 14.3. The molecule has 0 amide bonds. The average molecular weight is 394 g/mol. The molecule has 2 N–H and O–H groups in total. The number of carbonyl (C=O) groups is 1. The number of hydrogen-bond acceptors (Lipinski definition) is 2. The highest BCUT2D eigenvalue weighted by Gasteiger charge is 2.25. The van der Waals surface area contributed by atoms with E-state index in [0.29, 0.717) is 10.9 Å². The van der Waals surface area contributed by atoms with Crippen molar-refractivity contribution in [1.29, 1.82) is 0 Å². The normalized spacial score (nSPS) is 11.1. The predicted molar refractivity (Wildman–Crippen MR) is 105 cm³/mol. The molecule has 29 heavy (non-hydrogen) atoms. The van der Waals surface area contributed by atoms with Crippen molar-refractivity contribution in [2.45, 2.75) is 13.5 Å². The van der Waals surface area contributed by atoms with Crippen LogP contribution in [0.1, 0.15) is 21.6 Å². The third kappa shape index (κ3) is 3.20. The number of aromatic amines is 1. The minimum absolute atomic E-state index is 0.0125. The van der Waals surface area contributed by atoms with Gasteiger partial charge in [-0.2, -0.15) is 0 Å². The van der Waals surface area contributed by atoms with E-state index in [1.807, 2.05) is 6.92 Å². The van der Waals surface area contributed by atoms with Crippen molar-refractivity contribution in [3.8, 4) is 11.1 Å². The lowest BCUT2D eigenvalue weighted by atomic mass is 10.0. The first-order valence-corrected chi connectivity index (χ1v) is 8.85. The molecule has 2 aromatic heterocycles. The van der Waals surface area contributed by atoms with Crippen molar-refractivity contribution < 1.29 is 18.7 Å². The van der Waals surface area contributed by atoms with Gasteiger partial charge in [-0.05, 0) is 49.4 Å². The molecule has 146 valence electrons. The molecule has 7 heteroatoms. The first-order chi connectivity index (χ1) is 13.9. The number of aromatic nitrogens is 2. The van der Waals surface area contributed by atoms with Gasteiger partial charge >= 0.3 is 5.97 Å². The molecule has 0 spiro atoms. The molecule has 5 nitrogen and oxygen atoms in total. The average Bonchev–Trinajstić information content (AvgIpc) is 2.98. The molecule has 0 saturated heterocycles. The van der Waals surface area contributed by atoms with Crippen molar-refractivity contribution >= 4 is 16.9 Å². The van der Waals surface area contributed by atoms with Gasteiger partial charge in [-0.25, -0.2) is 13.6 Å². The minimum Gasteiger partial charge on any atom is -0.477 e. The molecule has 0 unspecified atom stereocenters. The molecule has 0 radical (unpaired) electrons. The topological polar surface area (TPSA) is 75.1 Å². The Morgan fingerprint density at radius 3 is 2.66 bits per heavy atom. The van der Waals surface area contributed by atoms with E-state index in [1.54, 1.807) is 24.3 Å². The van der Waals surface area contributed by atoms with Gasteiger partial charge in [0.25, 0.3) is 5.56 Å². The smallest absolute Gasteiger partial charge is 0.353 e. The van der Waals surface area contributed by atoms with E-state index in [2.05, 4.69) is 4.98 Å². The molecule has 0 fully saturated rings. The minimum atomic E-state index is -1.27. The third-order valence-corrected chi connectivity index (χ3v) is 4.85. The summed E-state index contributed by atoms with van der Waals surface area (Å²) in [5.41, 5.74) is 1.23. The number of nitrogens with one attached hydrogen (secondary N) is 1. The van der Waals surface area contributed by atoms with Gasteiger partial charge in [0.1, 0.15) is 17.3 Å². The van der Waals surface area contributed by atoms with Gasteiger partial charge in [0.05, 0.1) is 6.54 Å². The van der Waals surface area contributed by atoms with Crippen LogP contribution >= 0.6 is 0 Å². The zero-order chi connectivity index (χ0) is 20.7. The SMILES string of the molecule is Cc1ccc2c(c1)c(-c1ccc[nH]c1=O)c(C(=O)O)n2Cc1cc(F)ccc1F. The van der Waals surface area contributed by atoms with Gasteiger partial charge < -0.3 is 14.7 Å². The highest BCUT2D eigenvalue weighted by atomic mass is 19.1. The first-order valence-electron chi connectivity index (χ1n) is 8.85. The number of carboxylic acids is 1. The van der Waals surface area contributed by atoms with Crippen LogP contribution in [-0.2, 0) is 6.54 Å². The second kappa shape index (κ2) is 7.01. The Morgan fingerprint density at radius 2 is 1.93 bits per heavy atom. The van der Waals surface area contributed by atoms with Gasteiger partial charge in [-0.3, -0.25) is 4.79 Å². The van der Waals surface area contributed by atoms with Crippen LogP contribution in [0.15, 0.2) is 59.5 Å². The Morgan fingerprint density at radius 1 is 1.14 bits per heavy atom. The predicted octanol–water partition coefficient (Wildman–Crippen LogP) is 4.33. The number of pyridine rings is 1. The van der Waals surface area contributed by atoms with Gasteiger partial charge in [0, 0.05) is 33.8 Å². The number of halogens is 2. The summed E-state index contributed by atoms with van der Waals surface area (Å²) in [6, 6.07) is 11.5. The fourth-order valence-corrected chi connectivity index (χ4v) is 3.58. The third-order valence-electron chi connectivity index (χ3n) is 4.85. The van der Waals surface area contributed by atoms with E-state index in [4.69, 9.17) is 0 Å². The molecule has 0 bridgehead atoms. The van der Waals surface area contributed by atoms with Crippen molar-refractivity contribution in [2.75, 3.05) is 0 Å². The van der Waals surface area contributed by atoms with Crippen molar-refractivity contribution in [1.82, 2.24) is 9.55 Å². The lowest BCUT2D eigenvalue weighted by Gasteiger charge is -2.10. The van der Waals surface area contributed by atoms with E-state index < -0.39 is 23.2 Å². The Balaban J connectivity index is 2.08. The monoisotopic (exact) mass is 394 g/mol. The second-order valence-corrected chi connectivity index (χ2v) is 6.78. The maximum Gasteiger partial charge on any atom is 0.353 e. The van der Waals surface area contributed by atoms with E-state index in [0.717, 1.165) is 23.8 Å². The van der Waals surface area contributed by atoms with Gasteiger partial charge in [0.15, 0.2) is 0 Å². The summed E-state index contributed by atoms with van der Waals surface area (Å²) in [6.07, 6.45) is 1.46. The molecule has 4 rings (SSSR count). The molecule has 0 atom stereocenters. The fourth-order valence-electron chi connectivity index (χ4n) is 3.58. The summed E-state index contributed by atoms with van der Waals surface area (Å²) >= 11 is 0. The highest BCUT2D eigenvalue weighted by molar-refractivity contribution is 6.08. The number of hydrogen-bond donors (Lipinski definition) is 2.